The second-order valence-electron chi connectivity index (χ2n) is 3.19. The van der Waals surface area contributed by atoms with E-state index < -0.39 is 0 Å². The summed E-state index contributed by atoms with van der Waals surface area (Å²) in [6.45, 7) is 2.79. The molecule has 1 aromatic heterocycles. The number of rotatable bonds is 5. The highest BCUT2D eigenvalue weighted by Crippen LogP contribution is 1.97. The monoisotopic (exact) mass is 192 g/mol. The Morgan fingerprint density at radius 3 is 3.00 bits per heavy atom. The van der Waals surface area contributed by atoms with Crippen molar-refractivity contribution in [2.75, 3.05) is 0 Å². The summed E-state index contributed by atoms with van der Waals surface area (Å²) < 4.78 is 1.74. The largest absolute Gasteiger partial charge is 0.297 e. The molecule has 1 N–H and O–H groups in total. The van der Waals surface area contributed by atoms with Crippen molar-refractivity contribution in [3.63, 3.8) is 0 Å². The van der Waals surface area contributed by atoms with Crippen LogP contribution >= 0.6 is 0 Å². The fourth-order valence-corrected chi connectivity index (χ4v) is 1.23. The Kier molecular flexibility index (Phi) is 4.14. The zero-order valence-electron chi connectivity index (χ0n) is 8.70. The van der Waals surface area contributed by atoms with E-state index in [9.17, 15) is 0 Å². The minimum absolute atomic E-state index is 0.136. The molecule has 1 unspecified atom stereocenters. The molecule has 0 radical (unpaired) electrons. The molecule has 1 heterocycles. The van der Waals surface area contributed by atoms with E-state index in [4.69, 9.17) is 6.42 Å². The number of nitrogens with zero attached hydrogens (tertiary/aromatic N) is 3. The van der Waals surface area contributed by atoms with Gasteiger partial charge in [0.1, 0.15) is 12.2 Å². The van der Waals surface area contributed by atoms with Gasteiger partial charge in [-0.15, -0.1) is 6.42 Å². The van der Waals surface area contributed by atoms with E-state index in [-0.39, 0.29) is 6.04 Å². The lowest BCUT2D eigenvalue weighted by molar-refractivity contribution is 0.535. The van der Waals surface area contributed by atoms with Crippen molar-refractivity contribution < 1.29 is 0 Å². The van der Waals surface area contributed by atoms with Gasteiger partial charge in [0.05, 0.1) is 12.6 Å². The molecule has 0 fully saturated rings. The zero-order chi connectivity index (χ0) is 10.4. The van der Waals surface area contributed by atoms with Gasteiger partial charge >= 0.3 is 0 Å². The summed E-state index contributed by atoms with van der Waals surface area (Å²) in [5.41, 5.74) is 0. The Morgan fingerprint density at radius 2 is 2.50 bits per heavy atom. The van der Waals surface area contributed by atoms with Crippen molar-refractivity contribution in [3.8, 4) is 12.3 Å². The van der Waals surface area contributed by atoms with Crippen LogP contribution in [-0.2, 0) is 13.6 Å². The summed E-state index contributed by atoms with van der Waals surface area (Å²) in [6.07, 6.45) is 9.00. The van der Waals surface area contributed by atoms with E-state index in [0.717, 1.165) is 18.7 Å². The van der Waals surface area contributed by atoms with Crippen molar-refractivity contribution in [1.82, 2.24) is 20.1 Å². The van der Waals surface area contributed by atoms with E-state index in [2.05, 4.69) is 28.2 Å². The molecule has 0 saturated heterocycles. The van der Waals surface area contributed by atoms with Gasteiger partial charge in [0.25, 0.3) is 0 Å². The first kappa shape index (κ1) is 10.7. The lowest BCUT2D eigenvalue weighted by atomic mass is 10.2. The molecule has 0 spiro atoms. The molecule has 0 saturated carbocycles. The van der Waals surface area contributed by atoms with Crippen molar-refractivity contribution >= 4 is 0 Å². The quantitative estimate of drug-likeness (QED) is 0.699. The number of nitrogens with one attached hydrogen (secondary N) is 1. The summed E-state index contributed by atoms with van der Waals surface area (Å²) >= 11 is 0. The van der Waals surface area contributed by atoms with Gasteiger partial charge in [-0.05, 0) is 6.42 Å². The summed E-state index contributed by atoms with van der Waals surface area (Å²) in [5, 5.41) is 7.23. The maximum Gasteiger partial charge on any atom is 0.140 e. The lowest BCUT2D eigenvalue weighted by Gasteiger charge is -2.10. The molecule has 14 heavy (non-hydrogen) atoms. The van der Waals surface area contributed by atoms with Gasteiger partial charge in [0, 0.05) is 7.05 Å². The first-order chi connectivity index (χ1) is 6.77. The second kappa shape index (κ2) is 5.40. The van der Waals surface area contributed by atoms with Crippen LogP contribution in [0.3, 0.4) is 0 Å². The molecule has 0 bridgehead atoms. The number of aromatic nitrogens is 3. The molecule has 0 aromatic carbocycles. The van der Waals surface area contributed by atoms with Crippen molar-refractivity contribution in [3.05, 3.63) is 12.2 Å². The van der Waals surface area contributed by atoms with E-state index in [0.29, 0.717) is 6.54 Å². The van der Waals surface area contributed by atoms with Crippen LogP contribution in [0.25, 0.3) is 0 Å². The number of terminal acetylenes is 1. The van der Waals surface area contributed by atoms with Gasteiger partial charge in [0.2, 0.25) is 0 Å². The minimum Gasteiger partial charge on any atom is -0.297 e. The molecule has 1 aromatic rings. The molecule has 76 valence electrons. The summed E-state index contributed by atoms with van der Waals surface area (Å²) in [4.78, 5) is 4.10. The summed E-state index contributed by atoms with van der Waals surface area (Å²) in [7, 11) is 1.87. The standard InChI is InChI=1S/C10H16N4/c1-4-6-9(5-2)11-7-10-12-8-13-14(10)3/h2,8-9,11H,4,6-7H2,1,3H3. The zero-order valence-corrected chi connectivity index (χ0v) is 8.70. The molecule has 4 nitrogen and oxygen atoms in total. The van der Waals surface area contributed by atoms with Crippen molar-refractivity contribution in [1.29, 1.82) is 0 Å². The van der Waals surface area contributed by atoms with Crippen LogP contribution in [0, 0.1) is 12.3 Å². The molecule has 1 atom stereocenters. The average Bonchev–Trinajstić information content (AvgIpc) is 2.59. The first-order valence-corrected chi connectivity index (χ1v) is 4.80. The number of hydrogen-bond donors (Lipinski definition) is 1. The smallest absolute Gasteiger partial charge is 0.140 e. The molecule has 0 aliphatic heterocycles. The third-order valence-corrected chi connectivity index (χ3v) is 2.09. The van der Waals surface area contributed by atoms with E-state index in [1.165, 1.54) is 0 Å². The number of aryl methyl sites for hydroxylation is 1. The van der Waals surface area contributed by atoms with Gasteiger partial charge in [-0.25, -0.2) is 4.98 Å². The molecule has 0 aliphatic carbocycles. The van der Waals surface area contributed by atoms with Gasteiger partial charge in [-0.2, -0.15) is 5.10 Å². The van der Waals surface area contributed by atoms with Crippen LogP contribution in [0.4, 0.5) is 0 Å². The predicted octanol–water partition coefficient (Wildman–Crippen LogP) is 0.707. The highest BCUT2D eigenvalue weighted by Gasteiger charge is 2.05. The van der Waals surface area contributed by atoms with Gasteiger partial charge < -0.3 is 0 Å². The maximum atomic E-state index is 5.38. The third-order valence-electron chi connectivity index (χ3n) is 2.09. The summed E-state index contributed by atoms with van der Waals surface area (Å²) in [5.74, 6) is 3.62. The third kappa shape index (κ3) is 2.86. The highest BCUT2D eigenvalue weighted by atomic mass is 15.3. The molecule has 0 aliphatic rings. The molecule has 0 amide bonds. The van der Waals surface area contributed by atoms with Crippen molar-refractivity contribution in [2.24, 2.45) is 7.05 Å². The van der Waals surface area contributed by atoms with E-state index >= 15 is 0 Å². The van der Waals surface area contributed by atoms with E-state index in [1.54, 1.807) is 11.0 Å². The highest BCUT2D eigenvalue weighted by molar-refractivity contribution is 4.99. The summed E-state index contributed by atoms with van der Waals surface area (Å²) in [6, 6.07) is 0.136. The van der Waals surface area contributed by atoms with E-state index in [1.807, 2.05) is 7.05 Å². The van der Waals surface area contributed by atoms with Crippen LogP contribution in [-0.4, -0.2) is 20.8 Å². The van der Waals surface area contributed by atoms with Crippen LogP contribution in [0.2, 0.25) is 0 Å². The Labute approximate surface area is 84.7 Å². The maximum absolute atomic E-state index is 5.38. The van der Waals surface area contributed by atoms with Crippen LogP contribution in [0.15, 0.2) is 6.33 Å². The van der Waals surface area contributed by atoms with Crippen molar-refractivity contribution in [2.45, 2.75) is 32.4 Å². The average molecular weight is 192 g/mol. The molecular weight excluding hydrogens is 176 g/mol. The SMILES string of the molecule is C#CC(CCC)NCc1ncnn1C. The molecule has 1 rings (SSSR count). The minimum atomic E-state index is 0.136. The Balaban J connectivity index is 2.40. The van der Waals surface area contributed by atoms with Gasteiger partial charge in [-0.1, -0.05) is 19.3 Å². The predicted molar refractivity (Wildman–Crippen MR) is 55.4 cm³/mol. The fourth-order valence-electron chi connectivity index (χ4n) is 1.23. The molecule has 4 heteroatoms. The van der Waals surface area contributed by atoms with Crippen LogP contribution in [0.5, 0.6) is 0 Å². The topological polar surface area (TPSA) is 42.7 Å². The van der Waals surface area contributed by atoms with Crippen LogP contribution in [0.1, 0.15) is 25.6 Å². The Bertz CT molecular complexity index is 310. The number of hydrogen-bond acceptors (Lipinski definition) is 3. The lowest BCUT2D eigenvalue weighted by Crippen LogP contribution is -2.28. The Morgan fingerprint density at radius 1 is 1.71 bits per heavy atom. The van der Waals surface area contributed by atoms with Crippen LogP contribution < -0.4 is 5.32 Å². The first-order valence-electron chi connectivity index (χ1n) is 4.80. The van der Waals surface area contributed by atoms with Gasteiger partial charge in [0.15, 0.2) is 0 Å². The van der Waals surface area contributed by atoms with Gasteiger partial charge in [-0.3, -0.25) is 10.00 Å². The Hall–Kier alpha value is -1.34. The normalized spacial score (nSPS) is 12.4. The fraction of sp³-hybridized carbons (Fsp3) is 0.600. The second-order valence-corrected chi connectivity index (χ2v) is 3.19. The molecular formula is C10H16N4.